The molecule has 6 nitrogen and oxygen atoms in total. The number of benzene rings is 2. The summed E-state index contributed by atoms with van der Waals surface area (Å²) in [6.45, 7) is 4.96. The first kappa shape index (κ1) is 21.1. The summed E-state index contributed by atoms with van der Waals surface area (Å²) in [6.07, 6.45) is 0. The summed E-state index contributed by atoms with van der Waals surface area (Å²) in [5.41, 5.74) is 2.42. The molecule has 0 aliphatic rings. The Morgan fingerprint density at radius 3 is 2.46 bits per heavy atom. The Hall–Kier alpha value is -3.22. The molecular weight excluding hydrogens is 363 g/mol. The molecule has 0 saturated carbocycles. The van der Waals surface area contributed by atoms with E-state index >= 15 is 0 Å². The predicted molar refractivity (Wildman–Crippen MR) is 104 cm³/mol. The minimum Gasteiger partial charge on any atom is -0.454 e. The van der Waals surface area contributed by atoms with Gasteiger partial charge in [-0.25, -0.2) is 4.39 Å². The van der Waals surface area contributed by atoms with Gasteiger partial charge < -0.3 is 15.4 Å². The summed E-state index contributed by atoms with van der Waals surface area (Å²) in [6, 6.07) is 11.1. The zero-order valence-corrected chi connectivity index (χ0v) is 16.0. The van der Waals surface area contributed by atoms with E-state index in [4.69, 9.17) is 4.74 Å². The first-order valence-electron chi connectivity index (χ1n) is 8.87. The van der Waals surface area contributed by atoms with Crippen molar-refractivity contribution >= 4 is 23.5 Å². The summed E-state index contributed by atoms with van der Waals surface area (Å²) in [4.78, 5) is 35.7. The van der Waals surface area contributed by atoms with Crippen molar-refractivity contribution in [2.45, 2.75) is 26.7 Å². The van der Waals surface area contributed by atoms with Gasteiger partial charge in [-0.2, -0.15) is 0 Å². The van der Waals surface area contributed by atoms with E-state index in [9.17, 15) is 18.8 Å². The second kappa shape index (κ2) is 9.64. The Morgan fingerprint density at radius 2 is 1.79 bits per heavy atom. The molecule has 0 aliphatic carbocycles. The van der Waals surface area contributed by atoms with Crippen LogP contribution in [0.25, 0.3) is 0 Å². The van der Waals surface area contributed by atoms with Gasteiger partial charge in [-0.3, -0.25) is 14.4 Å². The molecule has 0 bridgehead atoms. The van der Waals surface area contributed by atoms with Crippen molar-refractivity contribution in [3.05, 3.63) is 65.0 Å². The van der Waals surface area contributed by atoms with Crippen LogP contribution in [0.5, 0.6) is 0 Å². The van der Waals surface area contributed by atoms with Gasteiger partial charge in [0.1, 0.15) is 12.4 Å². The minimum absolute atomic E-state index is 0.172. The van der Waals surface area contributed by atoms with Crippen molar-refractivity contribution < 1.29 is 23.5 Å². The third kappa shape index (κ3) is 5.64. The zero-order valence-electron chi connectivity index (χ0n) is 16.0. The van der Waals surface area contributed by atoms with Gasteiger partial charge in [0, 0.05) is 5.69 Å². The number of aryl methyl sites for hydroxylation is 1. The molecule has 28 heavy (non-hydrogen) atoms. The van der Waals surface area contributed by atoms with Crippen LogP contribution in [0.2, 0.25) is 0 Å². The highest BCUT2D eigenvalue weighted by Crippen LogP contribution is 2.27. The number of esters is 1. The minimum atomic E-state index is -0.797. The van der Waals surface area contributed by atoms with Crippen LogP contribution < -0.4 is 10.6 Å². The molecule has 2 aromatic carbocycles. The number of carbonyl (C=O) groups is 3. The van der Waals surface area contributed by atoms with E-state index in [0.717, 1.165) is 17.2 Å². The van der Waals surface area contributed by atoms with Gasteiger partial charge in [0.2, 0.25) is 0 Å². The third-order valence-corrected chi connectivity index (χ3v) is 4.07. The maximum atomic E-state index is 13.5. The fraction of sp³-hybridized carbons (Fsp3) is 0.286. The lowest BCUT2D eigenvalue weighted by Gasteiger charge is -2.16. The molecule has 0 fully saturated rings. The Kier molecular flexibility index (Phi) is 7.26. The van der Waals surface area contributed by atoms with Crippen LogP contribution in [-0.2, 0) is 14.3 Å². The molecule has 0 radical (unpaired) electrons. The van der Waals surface area contributed by atoms with Crippen molar-refractivity contribution in [3.63, 3.8) is 0 Å². The van der Waals surface area contributed by atoms with Crippen LogP contribution in [0, 0.1) is 12.7 Å². The van der Waals surface area contributed by atoms with Gasteiger partial charge in [0.15, 0.2) is 6.61 Å². The number of anilines is 1. The summed E-state index contributed by atoms with van der Waals surface area (Å²) in [5, 5.41) is 5.02. The summed E-state index contributed by atoms with van der Waals surface area (Å²) in [7, 11) is 0. The van der Waals surface area contributed by atoms with Crippen molar-refractivity contribution in [1.29, 1.82) is 0 Å². The van der Waals surface area contributed by atoms with Crippen LogP contribution >= 0.6 is 0 Å². The number of hydrogen-bond donors (Lipinski definition) is 2. The summed E-state index contributed by atoms with van der Waals surface area (Å²) >= 11 is 0. The standard InChI is InChI=1S/C21H23FN2O4/c1-13(2)15-9-6-7-14(3)20(15)24-18(25)12-28-19(26)11-23-21(27)16-8-4-5-10-17(16)22/h4-10,13H,11-12H2,1-3H3,(H,23,27)(H,24,25). The molecule has 0 aliphatic heterocycles. The lowest BCUT2D eigenvalue weighted by atomic mass is 9.98. The van der Waals surface area contributed by atoms with Gasteiger partial charge in [-0.05, 0) is 36.1 Å². The first-order valence-corrected chi connectivity index (χ1v) is 8.87. The molecule has 2 aromatic rings. The number of para-hydroxylation sites is 1. The number of carbonyl (C=O) groups excluding carboxylic acids is 3. The highest BCUT2D eigenvalue weighted by molar-refractivity contribution is 5.97. The van der Waals surface area contributed by atoms with Gasteiger partial charge in [-0.15, -0.1) is 0 Å². The predicted octanol–water partition coefficient (Wildman–Crippen LogP) is 3.17. The molecule has 0 saturated heterocycles. The zero-order chi connectivity index (χ0) is 20.7. The topological polar surface area (TPSA) is 84.5 Å². The molecule has 0 spiro atoms. The maximum Gasteiger partial charge on any atom is 0.325 e. The second-order valence-corrected chi connectivity index (χ2v) is 6.57. The van der Waals surface area contributed by atoms with Crippen molar-refractivity contribution in [1.82, 2.24) is 5.32 Å². The van der Waals surface area contributed by atoms with Crippen LogP contribution in [-0.4, -0.2) is 30.9 Å². The highest BCUT2D eigenvalue weighted by Gasteiger charge is 2.15. The van der Waals surface area contributed by atoms with E-state index in [1.807, 2.05) is 39.0 Å². The highest BCUT2D eigenvalue weighted by atomic mass is 19.1. The number of hydrogen-bond acceptors (Lipinski definition) is 4. The smallest absolute Gasteiger partial charge is 0.325 e. The van der Waals surface area contributed by atoms with Crippen LogP contribution in [0.3, 0.4) is 0 Å². The molecule has 7 heteroatoms. The molecule has 0 heterocycles. The van der Waals surface area contributed by atoms with Crippen LogP contribution in [0.4, 0.5) is 10.1 Å². The molecule has 148 valence electrons. The molecule has 0 atom stereocenters. The Morgan fingerprint density at radius 1 is 1.07 bits per heavy atom. The normalized spacial score (nSPS) is 10.5. The van der Waals surface area contributed by atoms with E-state index in [1.54, 1.807) is 0 Å². The average molecular weight is 386 g/mol. The average Bonchev–Trinajstić information content (AvgIpc) is 2.66. The number of nitrogens with one attached hydrogen (secondary N) is 2. The molecule has 2 rings (SSSR count). The van der Waals surface area contributed by atoms with E-state index in [-0.39, 0.29) is 11.5 Å². The van der Waals surface area contributed by atoms with Crippen molar-refractivity contribution in [2.75, 3.05) is 18.5 Å². The molecule has 2 amide bonds. The Labute approximate surface area is 163 Å². The van der Waals surface area contributed by atoms with Crippen LogP contribution in [0.15, 0.2) is 42.5 Å². The largest absolute Gasteiger partial charge is 0.454 e. The van der Waals surface area contributed by atoms with Gasteiger partial charge in [0.25, 0.3) is 11.8 Å². The third-order valence-electron chi connectivity index (χ3n) is 4.07. The lowest BCUT2D eigenvalue weighted by molar-refractivity contribution is -0.146. The van der Waals surface area contributed by atoms with Gasteiger partial charge in [0.05, 0.1) is 5.56 Å². The maximum absolute atomic E-state index is 13.5. The summed E-state index contributed by atoms with van der Waals surface area (Å²) < 4.78 is 18.4. The molecule has 2 N–H and O–H groups in total. The SMILES string of the molecule is Cc1cccc(C(C)C)c1NC(=O)COC(=O)CNC(=O)c1ccccc1F. The van der Waals surface area contributed by atoms with Crippen molar-refractivity contribution in [2.24, 2.45) is 0 Å². The number of rotatable bonds is 7. The second-order valence-electron chi connectivity index (χ2n) is 6.57. The van der Waals surface area contributed by atoms with E-state index in [1.165, 1.54) is 18.2 Å². The molecular formula is C21H23FN2O4. The molecule has 0 unspecified atom stereocenters. The quantitative estimate of drug-likeness (QED) is 0.716. The Balaban J connectivity index is 1.84. The lowest BCUT2D eigenvalue weighted by Crippen LogP contribution is -2.32. The van der Waals surface area contributed by atoms with Crippen molar-refractivity contribution in [3.8, 4) is 0 Å². The fourth-order valence-electron chi connectivity index (χ4n) is 2.61. The monoisotopic (exact) mass is 386 g/mol. The summed E-state index contributed by atoms with van der Waals surface area (Å²) in [5.74, 6) is -2.49. The number of amides is 2. The number of ether oxygens (including phenoxy) is 1. The Bertz CT molecular complexity index is 880. The molecule has 0 aromatic heterocycles. The van der Waals surface area contributed by atoms with Crippen LogP contribution in [0.1, 0.15) is 41.3 Å². The fourth-order valence-corrected chi connectivity index (χ4v) is 2.61. The van der Waals surface area contributed by atoms with Gasteiger partial charge in [-0.1, -0.05) is 44.2 Å². The van der Waals surface area contributed by atoms with Gasteiger partial charge >= 0.3 is 5.97 Å². The van der Waals surface area contributed by atoms with E-state index in [2.05, 4.69) is 10.6 Å². The van der Waals surface area contributed by atoms with E-state index < -0.39 is 36.8 Å². The number of halogens is 1. The van der Waals surface area contributed by atoms with E-state index in [0.29, 0.717) is 5.69 Å². The first-order chi connectivity index (χ1) is 13.3.